The van der Waals surface area contributed by atoms with E-state index in [1.807, 2.05) is 13.8 Å². The molecule has 0 atom stereocenters. The molecule has 0 aliphatic heterocycles. The van der Waals surface area contributed by atoms with Crippen molar-refractivity contribution >= 4 is 32.8 Å². The van der Waals surface area contributed by atoms with Crippen LogP contribution >= 0.6 is 15.9 Å². The van der Waals surface area contributed by atoms with Crippen LogP contribution in [0.2, 0.25) is 0 Å². The smallest absolute Gasteiger partial charge is 0.341 e. The molecule has 0 aliphatic rings. The van der Waals surface area contributed by atoms with E-state index in [9.17, 15) is 14.7 Å². The molecule has 2 N–H and O–H groups in total. The molecule has 0 bridgehead atoms. The first-order valence-electron chi connectivity index (χ1n) is 6.10. The first-order valence-corrected chi connectivity index (χ1v) is 6.89. The molecule has 1 aromatic carbocycles. The summed E-state index contributed by atoms with van der Waals surface area (Å²) in [6, 6.07) is 2.92. The average Bonchev–Trinajstić information content (AvgIpc) is 2.34. The van der Waals surface area contributed by atoms with Gasteiger partial charge in [0.2, 0.25) is 5.43 Å². The molecule has 0 fully saturated rings. The fourth-order valence-corrected chi connectivity index (χ4v) is 2.44. The highest BCUT2D eigenvalue weighted by Crippen LogP contribution is 2.28. The molecule has 1 aromatic heterocycles. The number of phenols is 1. The third kappa shape index (κ3) is 2.56. The van der Waals surface area contributed by atoms with Gasteiger partial charge >= 0.3 is 5.97 Å². The summed E-state index contributed by atoms with van der Waals surface area (Å²) >= 11 is 3.14. The van der Waals surface area contributed by atoms with Crippen LogP contribution < -0.4 is 5.43 Å². The predicted molar refractivity (Wildman–Crippen MR) is 79.4 cm³/mol. The van der Waals surface area contributed by atoms with Gasteiger partial charge in [-0.2, -0.15) is 0 Å². The molecule has 6 heteroatoms. The molecule has 0 unspecified atom stereocenters. The number of aromatic nitrogens is 1. The van der Waals surface area contributed by atoms with Crippen LogP contribution in [0.15, 0.2) is 27.6 Å². The van der Waals surface area contributed by atoms with Gasteiger partial charge in [0.1, 0.15) is 11.3 Å². The fraction of sp³-hybridized carbons (Fsp3) is 0.286. The zero-order chi connectivity index (χ0) is 15.0. The van der Waals surface area contributed by atoms with Crippen molar-refractivity contribution in [1.29, 1.82) is 0 Å². The lowest BCUT2D eigenvalue weighted by Crippen LogP contribution is -2.20. The maximum atomic E-state index is 12.2. The number of carboxylic acid groups (broad SMARTS) is 1. The summed E-state index contributed by atoms with van der Waals surface area (Å²) in [6.45, 7) is 4.53. The van der Waals surface area contributed by atoms with Crippen molar-refractivity contribution in [2.45, 2.75) is 20.4 Å². The van der Waals surface area contributed by atoms with E-state index in [4.69, 9.17) is 5.11 Å². The molecule has 1 heterocycles. The number of phenolic OH excluding ortho intramolecular Hbond substituents is 1. The van der Waals surface area contributed by atoms with Crippen LogP contribution in [0.3, 0.4) is 0 Å². The van der Waals surface area contributed by atoms with Crippen LogP contribution in [0.25, 0.3) is 10.9 Å². The lowest BCUT2D eigenvalue weighted by atomic mass is 10.1. The van der Waals surface area contributed by atoms with Crippen molar-refractivity contribution in [3.8, 4) is 5.75 Å². The lowest BCUT2D eigenvalue weighted by Gasteiger charge is -2.15. The van der Waals surface area contributed by atoms with Gasteiger partial charge < -0.3 is 14.8 Å². The molecule has 0 spiro atoms. The number of hydrogen-bond donors (Lipinski definition) is 2. The van der Waals surface area contributed by atoms with Gasteiger partial charge in [0, 0.05) is 24.2 Å². The monoisotopic (exact) mass is 339 g/mol. The normalized spacial score (nSPS) is 11.2. The van der Waals surface area contributed by atoms with Gasteiger partial charge in [-0.15, -0.1) is 0 Å². The summed E-state index contributed by atoms with van der Waals surface area (Å²) in [5.74, 6) is -0.968. The summed E-state index contributed by atoms with van der Waals surface area (Å²) in [7, 11) is 0. The summed E-state index contributed by atoms with van der Waals surface area (Å²) in [5, 5.41) is 19.2. The number of aromatic carboxylic acids is 1. The van der Waals surface area contributed by atoms with Crippen LogP contribution in [-0.4, -0.2) is 20.7 Å². The molecule has 2 aromatic rings. The van der Waals surface area contributed by atoms with Crippen molar-refractivity contribution < 1.29 is 15.0 Å². The van der Waals surface area contributed by atoms with Crippen molar-refractivity contribution in [2.24, 2.45) is 5.92 Å². The second-order valence-corrected chi connectivity index (χ2v) is 5.90. The minimum Gasteiger partial charge on any atom is -0.507 e. The van der Waals surface area contributed by atoms with Crippen molar-refractivity contribution in [3.63, 3.8) is 0 Å². The average molecular weight is 340 g/mol. The Balaban J connectivity index is 2.89. The van der Waals surface area contributed by atoms with Gasteiger partial charge in [-0.3, -0.25) is 4.79 Å². The lowest BCUT2D eigenvalue weighted by molar-refractivity contribution is 0.0694. The largest absolute Gasteiger partial charge is 0.507 e. The third-order valence-corrected chi connectivity index (χ3v) is 3.58. The molecule has 0 saturated carbocycles. The number of halogens is 1. The minimum atomic E-state index is -1.25. The maximum absolute atomic E-state index is 12.2. The summed E-state index contributed by atoms with van der Waals surface area (Å²) in [6.07, 6.45) is 1.33. The van der Waals surface area contributed by atoms with Gasteiger partial charge in [0.25, 0.3) is 0 Å². The molecule has 0 amide bonds. The fourth-order valence-electron chi connectivity index (χ4n) is 2.10. The number of hydrogen-bond acceptors (Lipinski definition) is 3. The first kappa shape index (κ1) is 14.6. The molecule has 2 rings (SSSR count). The van der Waals surface area contributed by atoms with Crippen LogP contribution in [0.4, 0.5) is 0 Å². The van der Waals surface area contributed by atoms with E-state index in [1.54, 1.807) is 4.57 Å². The van der Waals surface area contributed by atoms with Gasteiger partial charge in [-0.1, -0.05) is 13.8 Å². The zero-order valence-electron chi connectivity index (χ0n) is 11.1. The van der Waals surface area contributed by atoms with Crippen LogP contribution in [-0.2, 0) is 6.54 Å². The number of rotatable bonds is 3. The number of carboxylic acids is 1. The summed E-state index contributed by atoms with van der Waals surface area (Å²) in [4.78, 5) is 23.4. The second kappa shape index (κ2) is 5.28. The van der Waals surface area contributed by atoms with E-state index >= 15 is 0 Å². The van der Waals surface area contributed by atoms with Crippen LogP contribution in [0.1, 0.15) is 24.2 Å². The van der Waals surface area contributed by atoms with E-state index < -0.39 is 11.4 Å². The number of carbonyl (C=O) groups is 1. The number of nitrogens with zero attached hydrogens (tertiary/aromatic N) is 1. The highest BCUT2D eigenvalue weighted by Gasteiger charge is 2.16. The summed E-state index contributed by atoms with van der Waals surface area (Å²) < 4.78 is 2.05. The molecule has 5 nitrogen and oxygen atoms in total. The molecule has 0 radical (unpaired) electrons. The number of fused-ring (bicyclic) bond motifs is 1. The van der Waals surface area contributed by atoms with E-state index in [0.717, 1.165) is 0 Å². The minimum absolute atomic E-state index is 0.0116. The highest BCUT2D eigenvalue weighted by atomic mass is 79.9. The SMILES string of the molecule is CC(C)Cn1cc(C(=O)O)c(=O)c2cc(Br)c(O)cc21. The third-order valence-electron chi connectivity index (χ3n) is 2.94. The van der Waals surface area contributed by atoms with Crippen LogP contribution in [0, 0.1) is 5.92 Å². The molecule has 0 aliphatic carbocycles. The quantitative estimate of drug-likeness (QED) is 0.901. The molecular formula is C14H14BrNO4. The standard InChI is InChI=1S/C14H14BrNO4/c1-7(2)5-16-6-9(14(19)20)13(18)8-3-10(15)12(17)4-11(8)16/h3-4,6-7,17H,5H2,1-2H3,(H,19,20). The van der Waals surface area contributed by atoms with Crippen molar-refractivity contribution in [1.82, 2.24) is 4.57 Å². The van der Waals surface area contributed by atoms with Gasteiger partial charge in [-0.25, -0.2) is 4.79 Å². The number of benzene rings is 1. The Labute approximate surface area is 123 Å². The molecule has 106 valence electrons. The van der Waals surface area contributed by atoms with E-state index in [2.05, 4.69) is 15.9 Å². The molecule has 0 saturated heterocycles. The van der Waals surface area contributed by atoms with Gasteiger partial charge in [0.15, 0.2) is 0 Å². The number of aromatic hydroxyl groups is 1. The van der Waals surface area contributed by atoms with Crippen molar-refractivity contribution in [2.75, 3.05) is 0 Å². The molecule has 20 heavy (non-hydrogen) atoms. The Bertz CT molecular complexity index is 749. The zero-order valence-corrected chi connectivity index (χ0v) is 12.6. The summed E-state index contributed by atoms with van der Waals surface area (Å²) in [5.41, 5.74) is -0.293. The van der Waals surface area contributed by atoms with E-state index in [0.29, 0.717) is 16.5 Å². The molecular weight excluding hydrogens is 326 g/mol. The maximum Gasteiger partial charge on any atom is 0.341 e. The van der Waals surface area contributed by atoms with E-state index in [1.165, 1.54) is 18.3 Å². The first-order chi connectivity index (χ1) is 9.31. The van der Waals surface area contributed by atoms with E-state index in [-0.39, 0.29) is 22.6 Å². The number of pyridine rings is 1. The second-order valence-electron chi connectivity index (χ2n) is 5.04. The highest BCUT2D eigenvalue weighted by molar-refractivity contribution is 9.10. The Hall–Kier alpha value is -1.82. The Kier molecular flexibility index (Phi) is 3.85. The Morgan fingerprint density at radius 2 is 2.05 bits per heavy atom. The Morgan fingerprint density at radius 1 is 1.40 bits per heavy atom. The predicted octanol–water partition coefficient (Wildman–Crippen LogP) is 2.82. The van der Waals surface area contributed by atoms with Gasteiger partial charge in [-0.05, 0) is 27.9 Å². The van der Waals surface area contributed by atoms with Crippen molar-refractivity contribution in [3.05, 3.63) is 38.6 Å². The van der Waals surface area contributed by atoms with Gasteiger partial charge in [0.05, 0.1) is 9.99 Å². The van der Waals surface area contributed by atoms with Crippen LogP contribution in [0.5, 0.6) is 5.75 Å². The topological polar surface area (TPSA) is 79.5 Å². The Morgan fingerprint density at radius 3 is 2.60 bits per heavy atom.